The molecule has 0 heterocycles. The maximum absolute atomic E-state index is 11.5. The third-order valence-electron chi connectivity index (χ3n) is 5.55. The summed E-state index contributed by atoms with van der Waals surface area (Å²) in [5.41, 5.74) is -0.649. The Labute approximate surface area is 293 Å². The summed E-state index contributed by atoms with van der Waals surface area (Å²) in [7, 11) is 0. The fourth-order valence-corrected chi connectivity index (χ4v) is 3.68. The fourth-order valence-electron chi connectivity index (χ4n) is 3.46. The predicted octanol–water partition coefficient (Wildman–Crippen LogP) is 3.13. The minimum absolute atomic E-state index is 0.0925. The summed E-state index contributed by atoms with van der Waals surface area (Å²) in [5, 5.41) is 11.1. The van der Waals surface area contributed by atoms with Gasteiger partial charge in [0.25, 0.3) is 5.69 Å². The van der Waals surface area contributed by atoms with Crippen LogP contribution in [0.3, 0.4) is 0 Å². The lowest BCUT2D eigenvalue weighted by Gasteiger charge is -2.19. The second-order valence-electron chi connectivity index (χ2n) is 10.9. The van der Waals surface area contributed by atoms with E-state index < -0.39 is 16.5 Å². The Hall–Kier alpha value is -2.22. The van der Waals surface area contributed by atoms with Crippen LogP contribution in [0.25, 0.3) is 0 Å². The second kappa shape index (κ2) is 30.6. The molecule has 284 valence electrons. The van der Waals surface area contributed by atoms with Gasteiger partial charge in [-0.3, -0.25) is 10.1 Å². The number of ether oxygens (including phenoxy) is 12. The van der Waals surface area contributed by atoms with Crippen LogP contribution in [-0.4, -0.2) is 155 Å². The van der Waals surface area contributed by atoms with Crippen molar-refractivity contribution in [2.45, 2.75) is 26.4 Å². The van der Waals surface area contributed by atoms with E-state index >= 15 is 0 Å². The molecule has 0 saturated heterocycles. The molecule has 0 aliphatic carbocycles. The molecule has 0 N–H and O–H groups in total. The molecule has 0 unspecified atom stereocenters. The number of carbonyl (C=O) groups is 1. The number of carbonyl (C=O) groups excluding carboxylic acids is 1. The highest BCUT2D eigenvalue weighted by Crippen LogP contribution is 2.25. The zero-order valence-corrected chi connectivity index (χ0v) is 29.8. The largest absolute Gasteiger partial charge is 0.491 e. The average molecular weight is 728 g/mol. The van der Waals surface area contributed by atoms with Gasteiger partial charge < -0.3 is 56.8 Å². The maximum Gasteiger partial charge on any atom is 0.332 e. The lowest BCUT2D eigenvalue weighted by Crippen LogP contribution is -2.27. The first kappa shape index (κ1) is 44.8. The highest BCUT2D eigenvalue weighted by Gasteiger charge is 2.16. The topological polar surface area (TPSA) is 171 Å². The van der Waals surface area contributed by atoms with Crippen molar-refractivity contribution in [3.8, 4) is 5.75 Å². The van der Waals surface area contributed by atoms with Gasteiger partial charge in [-0.1, -0.05) is 11.6 Å². The maximum atomic E-state index is 11.5. The Bertz CT molecular complexity index is 967. The fraction of sp³-hybridized carbons (Fsp3) is 0.781. The van der Waals surface area contributed by atoms with E-state index in [2.05, 4.69) is 0 Å². The lowest BCUT2D eigenvalue weighted by molar-refractivity contribution is -0.384. The highest BCUT2D eigenvalue weighted by molar-refractivity contribution is 6.30. The number of hydrogen-bond acceptors (Lipinski definition) is 15. The number of rotatable bonds is 34. The summed E-state index contributed by atoms with van der Waals surface area (Å²) in [6.07, 6.45) is 0. The van der Waals surface area contributed by atoms with Gasteiger partial charge in [0.1, 0.15) is 24.6 Å². The van der Waals surface area contributed by atoms with Crippen LogP contribution in [0.4, 0.5) is 5.69 Å². The van der Waals surface area contributed by atoms with E-state index in [9.17, 15) is 14.9 Å². The zero-order chi connectivity index (χ0) is 35.8. The van der Waals surface area contributed by atoms with E-state index in [-0.39, 0.29) is 23.9 Å². The Morgan fingerprint density at radius 1 is 0.571 bits per heavy atom. The number of benzene rings is 1. The Kier molecular flexibility index (Phi) is 28.0. The molecule has 49 heavy (non-hydrogen) atoms. The Morgan fingerprint density at radius 2 is 0.898 bits per heavy atom. The Balaban J connectivity index is 1.70. The number of nitro benzene ring substituents is 1. The predicted molar refractivity (Wildman–Crippen MR) is 178 cm³/mol. The number of halogens is 1. The van der Waals surface area contributed by atoms with Crippen molar-refractivity contribution in [2.24, 2.45) is 0 Å². The molecule has 17 heteroatoms. The van der Waals surface area contributed by atoms with Crippen LogP contribution in [0.2, 0.25) is 5.02 Å². The van der Waals surface area contributed by atoms with Gasteiger partial charge in [-0.25, -0.2) is 4.79 Å². The molecule has 1 aromatic carbocycles. The first-order chi connectivity index (χ1) is 23.7. The molecule has 1 rings (SSSR count). The van der Waals surface area contributed by atoms with Gasteiger partial charge in [-0.05, 0) is 26.8 Å². The Morgan fingerprint density at radius 3 is 1.22 bits per heavy atom. The molecule has 0 spiro atoms. The van der Waals surface area contributed by atoms with E-state index in [1.165, 1.54) is 18.2 Å². The number of esters is 1. The summed E-state index contributed by atoms with van der Waals surface area (Å²) < 4.78 is 64.7. The van der Waals surface area contributed by atoms with E-state index in [4.69, 9.17) is 68.4 Å². The molecule has 0 radical (unpaired) electrons. The van der Waals surface area contributed by atoms with Crippen LogP contribution in [0.1, 0.15) is 20.8 Å². The summed E-state index contributed by atoms with van der Waals surface area (Å²) in [5.74, 6) is -0.0810. The third-order valence-corrected chi connectivity index (χ3v) is 5.77. The molecule has 0 saturated carbocycles. The van der Waals surface area contributed by atoms with Crippen LogP contribution in [0.5, 0.6) is 5.75 Å². The molecule has 1 aromatic rings. The van der Waals surface area contributed by atoms with Crippen molar-refractivity contribution in [2.75, 3.05) is 139 Å². The van der Waals surface area contributed by atoms with E-state index in [0.717, 1.165) is 0 Å². The van der Waals surface area contributed by atoms with Crippen LogP contribution in [0.15, 0.2) is 18.2 Å². The molecule has 0 bridgehead atoms. The smallest absolute Gasteiger partial charge is 0.332 e. The first-order valence-corrected chi connectivity index (χ1v) is 16.6. The van der Waals surface area contributed by atoms with Crippen LogP contribution >= 0.6 is 11.6 Å². The van der Waals surface area contributed by atoms with Gasteiger partial charge in [0.2, 0.25) is 0 Å². The lowest BCUT2D eigenvalue weighted by atomic mass is 10.2. The van der Waals surface area contributed by atoms with Gasteiger partial charge in [0.15, 0.2) is 0 Å². The summed E-state index contributed by atoms with van der Waals surface area (Å²) in [6, 6.07) is 4.08. The highest BCUT2D eigenvalue weighted by atomic mass is 35.5. The molecular weight excluding hydrogens is 674 g/mol. The number of nitrogens with zero attached hydrogens (tertiary/aromatic N) is 1. The molecular formula is C32H54ClNO15. The van der Waals surface area contributed by atoms with Crippen LogP contribution in [-0.2, 0) is 56.9 Å². The monoisotopic (exact) mass is 727 g/mol. The van der Waals surface area contributed by atoms with Crippen molar-refractivity contribution in [1.29, 1.82) is 0 Å². The van der Waals surface area contributed by atoms with Gasteiger partial charge >= 0.3 is 5.97 Å². The average Bonchev–Trinajstić information content (AvgIpc) is 3.04. The summed E-state index contributed by atoms with van der Waals surface area (Å²) in [4.78, 5) is 21.8. The SMILES string of the molecule is CC(C)(C)OC(=O)COCCOCCOCCOCCOCCOCCOCCOCCOCCOCCOc1cc(Cl)cc([N+](=O)[O-])c1. The first-order valence-electron chi connectivity index (χ1n) is 16.2. The second-order valence-corrected chi connectivity index (χ2v) is 11.3. The molecule has 16 nitrogen and oxygen atoms in total. The molecule has 0 aliphatic rings. The van der Waals surface area contributed by atoms with Crippen molar-refractivity contribution in [3.63, 3.8) is 0 Å². The summed E-state index contributed by atoms with van der Waals surface area (Å²) >= 11 is 5.86. The van der Waals surface area contributed by atoms with Crippen molar-refractivity contribution >= 4 is 23.3 Å². The normalized spacial score (nSPS) is 11.6. The third kappa shape index (κ3) is 30.3. The van der Waals surface area contributed by atoms with Crippen molar-refractivity contribution in [3.05, 3.63) is 33.3 Å². The van der Waals surface area contributed by atoms with Crippen LogP contribution < -0.4 is 4.74 Å². The number of nitro groups is 1. The van der Waals surface area contributed by atoms with Gasteiger partial charge in [0, 0.05) is 6.07 Å². The van der Waals surface area contributed by atoms with Crippen LogP contribution in [0, 0.1) is 10.1 Å². The van der Waals surface area contributed by atoms with Gasteiger partial charge in [0.05, 0.1) is 142 Å². The van der Waals surface area contributed by atoms with Gasteiger partial charge in [-0.2, -0.15) is 0 Å². The molecule has 0 aromatic heterocycles. The number of non-ortho nitro benzene ring substituents is 1. The quantitative estimate of drug-likeness (QED) is 0.0439. The zero-order valence-electron chi connectivity index (χ0n) is 29.0. The van der Waals surface area contributed by atoms with E-state index in [0.29, 0.717) is 131 Å². The number of hydrogen-bond donors (Lipinski definition) is 0. The summed E-state index contributed by atoms with van der Waals surface area (Å²) in [6.45, 7) is 13.7. The van der Waals surface area contributed by atoms with Crippen molar-refractivity contribution < 1.29 is 66.6 Å². The van der Waals surface area contributed by atoms with Gasteiger partial charge in [-0.15, -0.1) is 0 Å². The molecule has 0 amide bonds. The van der Waals surface area contributed by atoms with E-state index in [1.54, 1.807) is 20.8 Å². The molecule has 0 fully saturated rings. The standard InChI is InChI=1S/C32H54ClNO15/c1-32(2,3)49-31(35)27-47-21-20-45-17-16-43-13-12-41-9-8-39-5-4-38-6-7-40-10-11-42-14-15-44-18-19-46-22-23-48-30-25-28(33)24-29(26-30)34(36)37/h24-26H,4-23,27H2,1-3H3. The minimum Gasteiger partial charge on any atom is -0.491 e. The van der Waals surface area contributed by atoms with E-state index in [1.807, 2.05) is 0 Å². The van der Waals surface area contributed by atoms with Crippen molar-refractivity contribution in [1.82, 2.24) is 0 Å². The minimum atomic E-state index is -0.529. The molecule has 0 atom stereocenters. The molecule has 0 aliphatic heterocycles.